The van der Waals surface area contributed by atoms with Crippen molar-refractivity contribution in [3.63, 3.8) is 0 Å². The van der Waals surface area contributed by atoms with Crippen LogP contribution < -0.4 is 0 Å². The summed E-state index contributed by atoms with van der Waals surface area (Å²) in [6, 6.07) is 19.8. The number of aromatic nitrogens is 3. The van der Waals surface area contributed by atoms with Crippen LogP contribution in [0.4, 0.5) is 0 Å². The van der Waals surface area contributed by atoms with Crippen LogP contribution in [0.15, 0.2) is 72.2 Å². The molecular weight excluding hydrogens is 530 g/mol. The molecule has 1 aliphatic rings. The van der Waals surface area contributed by atoms with E-state index in [1.165, 1.54) is 0 Å². The summed E-state index contributed by atoms with van der Waals surface area (Å²) in [5, 5.41) is 7.48. The Morgan fingerprint density at radius 3 is 2.17 bits per heavy atom. The number of hydrogen-bond donors (Lipinski definition) is 0. The zero-order chi connectivity index (χ0) is 29.1. The van der Waals surface area contributed by atoms with Gasteiger partial charge in [-0.2, -0.15) is 5.10 Å². The number of benzene rings is 2. The summed E-state index contributed by atoms with van der Waals surface area (Å²) in [7, 11) is 0. The van der Waals surface area contributed by atoms with E-state index in [4.69, 9.17) is 4.98 Å². The Hall–Kier alpha value is -3.78. The standard InChI is InChI=1S/C33H39N5O2S/c1-6-13-27-26(20-34-38(27)32-35-28(22-41-32)33(3,4)5)30(39)36-18-19-37(23(2)21-36)31(40)29(24-14-9-7-10-15-24)25-16-11-8-12-17-25/h7-12,14-17,20,22-23,29H,6,13,18-19,21H2,1-5H3. The molecule has 5 rings (SSSR count). The first-order valence-electron chi connectivity index (χ1n) is 14.4. The Bertz CT molecular complexity index is 1450. The highest BCUT2D eigenvalue weighted by atomic mass is 32.1. The normalized spacial score (nSPS) is 15.9. The van der Waals surface area contributed by atoms with E-state index in [0.717, 1.165) is 40.5 Å². The van der Waals surface area contributed by atoms with Gasteiger partial charge in [0.2, 0.25) is 11.0 Å². The van der Waals surface area contributed by atoms with Crippen LogP contribution in [-0.4, -0.2) is 62.1 Å². The average Bonchev–Trinajstić information content (AvgIpc) is 3.62. The molecule has 8 heteroatoms. The quantitative estimate of drug-likeness (QED) is 0.270. The van der Waals surface area contributed by atoms with Crippen molar-refractivity contribution in [1.82, 2.24) is 24.6 Å². The maximum atomic E-state index is 14.0. The zero-order valence-corrected chi connectivity index (χ0v) is 25.4. The first-order valence-corrected chi connectivity index (χ1v) is 15.3. The van der Waals surface area contributed by atoms with Gasteiger partial charge >= 0.3 is 0 Å². The van der Waals surface area contributed by atoms with Gasteiger partial charge in [-0.3, -0.25) is 9.59 Å². The molecule has 41 heavy (non-hydrogen) atoms. The van der Waals surface area contributed by atoms with Crippen LogP contribution in [0.1, 0.15) is 79.8 Å². The van der Waals surface area contributed by atoms with E-state index < -0.39 is 0 Å². The van der Waals surface area contributed by atoms with Gasteiger partial charge in [0.25, 0.3) is 5.91 Å². The largest absolute Gasteiger partial charge is 0.336 e. The van der Waals surface area contributed by atoms with Crippen molar-refractivity contribution in [3.8, 4) is 5.13 Å². The summed E-state index contributed by atoms with van der Waals surface area (Å²) < 4.78 is 1.84. The van der Waals surface area contributed by atoms with E-state index in [2.05, 4.69) is 38.2 Å². The van der Waals surface area contributed by atoms with E-state index in [1.54, 1.807) is 17.5 Å². The Balaban J connectivity index is 1.36. The first kappa shape index (κ1) is 28.7. The van der Waals surface area contributed by atoms with Gasteiger partial charge in [-0.25, -0.2) is 9.67 Å². The molecule has 7 nitrogen and oxygen atoms in total. The van der Waals surface area contributed by atoms with Crippen LogP contribution in [0.2, 0.25) is 0 Å². The van der Waals surface area contributed by atoms with Crippen molar-refractivity contribution in [2.45, 2.75) is 64.8 Å². The number of rotatable bonds is 7. The molecule has 0 bridgehead atoms. The van der Waals surface area contributed by atoms with Crippen molar-refractivity contribution >= 4 is 23.2 Å². The van der Waals surface area contributed by atoms with Crippen molar-refractivity contribution in [3.05, 3.63) is 100 Å². The lowest BCUT2D eigenvalue weighted by Crippen LogP contribution is -2.56. The molecule has 0 radical (unpaired) electrons. The summed E-state index contributed by atoms with van der Waals surface area (Å²) in [4.78, 5) is 36.5. The molecule has 2 aromatic heterocycles. The smallest absolute Gasteiger partial charge is 0.257 e. The zero-order valence-electron chi connectivity index (χ0n) is 24.6. The summed E-state index contributed by atoms with van der Waals surface area (Å²) in [5.41, 5.74) is 4.43. The summed E-state index contributed by atoms with van der Waals surface area (Å²) in [5.74, 6) is -0.346. The van der Waals surface area contributed by atoms with Crippen LogP contribution in [0.25, 0.3) is 5.13 Å². The summed E-state index contributed by atoms with van der Waals surface area (Å²) in [6.45, 7) is 12.0. The van der Waals surface area contributed by atoms with Crippen molar-refractivity contribution < 1.29 is 9.59 Å². The molecule has 1 aliphatic heterocycles. The number of nitrogens with zero attached hydrogens (tertiary/aromatic N) is 5. The molecule has 0 aliphatic carbocycles. The second kappa shape index (κ2) is 12.0. The van der Waals surface area contributed by atoms with Gasteiger partial charge in [0.15, 0.2) is 0 Å². The highest BCUT2D eigenvalue weighted by Crippen LogP contribution is 2.30. The number of amides is 2. The van der Waals surface area contributed by atoms with Gasteiger partial charge in [-0.15, -0.1) is 11.3 Å². The van der Waals surface area contributed by atoms with Gasteiger partial charge in [-0.05, 0) is 24.5 Å². The maximum absolute atomic E-state index is 14.0. The minimum absolute atomic E-state index is 0.0334. The summed E-state index contributed by atoms with van der Waals surface area (Å²) in [6.07, 6.45) is 3.31. The number of hydrogen-bond acceptors (Lipinski definition) is 5. The molecule has 1 saturated heterocycles. The third-order valence-corrected chi connectivity index (χ3v) is 8.55. The fourth-order valence-corrected chi connectivity index (χ4v) is 6.51. The van der Waals surface area contributed by atoms with Crippen molar-refractivity contribution in [1.29, 1.82) is 0 Å². The number of piperazine rings is 1. The average molecular weight is 570 g/mol. The predicted molar refractivity (Wildman–Crippen MR) is 164 cm³/mol. The highest BCUT2D eigenvalue weighted by Gasteiger charge is 2.36. The van der Waals surface area contributed by atoms with Crippen LogP contribution >= 0.6 is 11.3 Å². The van der Waals surface area contributed by atoms with Crippen LogP contribution in [0.3, 0.4) is 0 Å². The third-order valence-electron chi connectivity index (χ3n) is 7.74. The topological polar surface area (TPSA) is 71.3 Å². The molecular formula is C33H39N5O2S. The molecule has 0 N–H and O–H groups in total. The third kappa shape index (κ3) is 5.98. The van der Waals surface area contributed by atoms with Gasteiger partial charge in [0.05, 0.1) is 29.1 Å². The van der Waals surface area contributed by atoms with Crippen LogP contribution in [-0.2, 0) is 16.6 Å². The number of carbonyl (C=O) groups excluding carboxylic acids is 2. The van der Waals surface area contributed by atoms with Crippen LogP contribution in [0, 0.1) is 0 Å². The Morgan fingerprint density at radius 1 is 1.00 bits per heavy atom. The van der Waals surface area contributed by atoms with Gasteiger partial charge in [0, 0.05) is 36.5 Å². The monoisotopic (exact) mass is 569 g/mol. The summed E-state index contributed by atoms with van der Waals surface area (Å²) >= 11 is 1.55. The Kier molecular flexibility index (Phi) is 8.40. The minimum atomic E-state index is -0.382. The highest BCUT2D eigenvalue weighted by molar-refractivity contribution is 7.12. The van der Waals surface area contributed by atoms with Gasteiger partial charge in [0.1, 0.15) is 0 Å². The Labute approximate surface area is 246 Å². The lowest BCUT2D eigenvalue weighted by Gasteiger charge is -2.41. The molecule has 1 unspecified atom stereocenters. The van der Waals surface area contributed by atoms with Crippen LogP contribution in [0.5, 0.6) is 0 Å². The van der Waals surface area contributed by atoms with Gasteiger partial charge in [-0.1, -0.05) is 94.8 Å². The molecule has 0 spiro atoms. The first-order chi connectivity index (χ1) is 19.7. The molecule has 0 saturated carbocycles. The second-order valence-electron chi connectivity index (χ2n) is 11.8. The SMILES string of the molecule is CCCc1c(C(=O)N2CCN(C(=O)C(c3ccccc3)c3ccccc3)C(C)C2)cnn1-c1nc(C(C)(C)C)cs1. The van der Waals surface area contributed by atoms with Gasteiger partial charge < -0.3 is 9.80 Å². The number of thiazole rings is 1. The Morgan fingerprint density at radius 2 is 1.63 bits per heavy atom. The van der Waals surface area contributed by atoms with E-state index in [1.807, 2.05) is 82.1 Å². The molecule has 1 atom stereocenters. The lowest BCUT2D eigenvalue weighted by atomic mass is 9.89. The van der Waals surface area contributed by atoms with Crippen molar-refractivity contribution in [2.75, 3.05) is 19.6 Å². The fraction of sp³-hybridized carbons (Fsp3) is 0.394. The molecule has 2 amide bonds. The van der Waals surface area contributed by atoms with E-state index in [9.17, 15) is 9.59 Å². The lowest BCUT2D eigenvalue weighted by molar-refractivity contribution is -0.135. The second-order valence-corrected chi connectivity index (χ2v) is 12.7. The van der Waals surface area contributed by atoms with Crippen molar-refractivity contribution in [2.24, 2.45) is 0 Å². The maximum Gasteiger partial charge on any atom is 0.257 e. The minimum Gasteiger partial charge on any atom is -0.336 e. The molecule has 214 valence electrons. The van der Waals surface area contributed by atoms with E-state index >= 15 is 0 Å². The predicted octanol–water partition coefficient (Wildman–Crippen LogP) is 6.08. The van der Waals surface area contributed by atoms with E-state index in [-0.39, 0.29) is 29.2 Å². The molecule has 4 aromatic rings. The molecule has 3 heterocycles. The molecule has 2 aromatic carbocycles. The van der Waals surface area contributed by atoms with E-state index in [0.29, 0.717) is 25.2 Å². The molecule has 1 fully saturated rings. The fourth-order valence-electron chi connectivity index (χ4n) is 5.47. The number of carbonyl (C=O) groups is 2.